The Bertz CT molecular complexity index is 644. The number of nitrogens with zero attached hydrogens (tertiary/aromatic N) is 4. The molecule has 1 unspecified atom stereocenters. The molecule has 0 aliphatic heterocycles. The second-order valence-corrected chi connectivity index (χ2v) is 5.03. The highest BCUT2D eigenvalue weighted by Gasteiger charge is 2.17. The zero-order valence-electron chi connectivity index (χ0n) is 11.7. The average Bonchev–Trinajstić information content (AvgIpc) is 2.92. The lowest BCUT2D eigenvalue weighted by molar-refractivity contribution is -0.141. The van der Waals surface area contributed by atoms with Crippen LogP contribution in [0.5, 0.6) is 5.75 Å². The molecule has 1 heterocycles. The van der Waals surface area contributed by atoms with E-state index in [0.717, 1.165) is 0 Å². The highest BCUT2D eigenvalue weighted by Crippen LogP contribution is 2.30. The monoisotopic (exact) mass is 310 g/mol. The number of hydrogen-bond acceptors (Lipinski definition) is 5. The van der Waals surface area contributed by atoms with E-state index in [1.807, 2.05) is 0 Å². The van der Waals surface area contributed by atoms with Crippen LogP contribution < -0.4 is 4.74 Å². The van der Waals surface area contributed by atoms with Gasteiger partial charge in [-0.3, -0.25) is 4.79 Å². The molecule has 1 aromatic carbocycles. The lowest BCUT2D eigenvalue weighted by atomic mass is 10.1. The van der Waals surface area contributed by atoms with Gasteiger partial charge >= 0.3 is 5.97 Å². The molecule has 1 aromatic heterocycles. The topological polar surface area (TPSA) is 90.1 Å². The van der Waals surface area contributed by atoms with E-state index in [9.17, 15) is 4.79 Å². The lowest BCUT2D eigenvalue weighted by Gasteiger charge is -2.10. The Balaban J connectivity index is 2.28. The molecule has 0 fully saturated rings. The number of tetrazole rings is 1. The molecular formula is C13H15ClN4O3. The maximum absolute atomic E-state index is 10.9. The number of aliphatic carboxylic acids is 1. The Kier molecular flexibility index (Phi) is 4.74. The number of benzene rings is 1. The Morgan fingerprint density at radius 3 is 2.95 bits per heavy atom. The highest BCUT2D eigenvalue weighted by atomic mass is 35.5. The Hall–Kier alpha value is -2.15. The van der Waals surface area contributed by atoms with E-state index < -0.39 is 11.9 Å². The van der Waals surface area contributed by atoms with Crippen LogP contribution in [0.25, 0.3) is 11.4 Å². The summed E-state index contributed by atoms with van der Waals surface area (Å²) in [6, 6.07) is 5.16. The molecule has 0 aliphatic carbocycles. The van der Waals surface area contributed by atoms with Crippen molar-refractivity contribution in [1.29, 1.82) is 0 Å². The van der Waals surface area contributed by atoms with Crippen molar-refractivity contribution in [2.75, 3.05) is 7.11 Å². The minimum atomic E-state index is -0.843. The number of carboxylic acids is 1. The second-order valence-electron chi connectivity index (χ2n) is 4.60. The summed E-state index contributed by atoms with van der Waals surface area (Å²) >= 11 is 6.00. The number of rotatable bonds is 6. The van der Waals surface area contributed by atoms with Crippen LogP contribution in [0.4, 0.5) is 0 Å². The molecule has 1 N–H and O–H groups in total. The van der Waals surface area contributed by atoms with Crippen LogP contribution in [0, 0.1) is 5.92 Å². The molecule has 0 radical (unpaired) electrons. The highest BCUT2D eigenvalue weighted by molar-refractivity contribution is 6.30. The van der Waals surface area contributed by atoms with Crippen molar-refractivity contribution < 1.29 is 14.6 Å². The number of ether oxygens (including phenoxy) is 1. The molecule has 2 rings (SSSR count). The van der Waals surface area contributed by atoms with Gasteiger partial charge in [-0.2, -0.15) is 0 Å². The first-order valence-corrected chi connectivity index (χ1v) is 6.73. The molecular weight excluding hydrogens is 296 g/mol. The number of carboxylic acid groups (broad SMARTS) is 1. The fourth-order valence-electron chi connectivity index (χ4n) is 1.84. The van der Waals surface area contributed by atoms with Crippen molar-refractivity contribution in [3.63, 3.8) is 0 Å². The summed E-state index contributed by atoms with van der Waals surface area (Å²) in [7, 11) is 1.55. The average molecular weight is 311 g/mol. The summed E-state index contributed by atoms with van der Waals surface area (Å²) in [5.41, 5.74) is 0.665. The van der Waals surface area contributed by atoms with Crippen molar-refractivity contribution in [3.8, 4) is 17.1 Å². The third-order valence-electron chi connectivity index (χ3n) is 3.13. The first kappa shape index (κ1) is 15.2. The van der Waals surface area contributed by atoms with Crippen LogP contribution in [-0.4, -0.2) is 38.4 Å². The number of methoxy groups -OCH3 is 1. The van der Waals surface area contributed by atoms with E-state index in [0.29, 0.717) is 35.1 Å². The summed E-state index contributed by atoms with van der Waals surface area (Å²) in [4.78, 5) is 10.9. The first-order chi connectivity index (χ1) is 10.0. The summed E-state index contributed by atoms with van der Waals surface area (Å²) in [6.07, 6.45) is 0.427. The Morgan fingerprint density at radius 1 is 1.52 bits per heavy atom. The number of aryl methyl sites for hydroxylation is 1. The number of halogens is 1. The van der Waals surface area contributed by atoms with Crippen LogP contribution in [0.3, 0.4) is 0 Å². The largest absolute Gasteiger partial charge is 0.496 e. The van der Waals surface area contributed by atoms with Gasteiger partial charge in [-0.05, 0) is 35.0 Å². The van der Waals surface area contributed by atoms with Crippen molar-refractivity contribution in [2.45, 2.75) is 19.9 Å². The fourth-order valence-corrected chi connectivity index (χ4v) is 2.01. The fraction of sp³-hybridized carbons (Fsp3) is 0.385. The summed E-state index contributed by atoms with van der Waals surface area (Å²) in [5.74, 6) is -0.220. The van der Waals surface area contributed by atoms with Gasteiger partial charge in [0.15, 0.2) is 5.82 Å². The molecule has 1 atom stereocenters. The molecule has 0 aliphatic rings. The summed E-state index contributed by atoms with van der Waals surface area (Å²) in [6.45, 7) is 2.04. The van der Waals surface area contributed by atoms with Gasteiger partial charge in [-0.1, -0.05) is 18.5 Å². The molecule has 7 nitrogen and oxygen atoms in total. The van der Waals surface area contributed by atoms with E-state index in [2.05, 4.69) is 15.5 Å². The standard InChI is InChI=1S/C13H15ClN4O3/c1-8(13(19)20)5-6-18-12(15-16-17-18)10-7-9(14)3-4-11(10)21-2/h3-4,7-8H,5-6H2,1-2H3,(H,19,20). The molecule has 0 spiro atoms. The van der Waals surface area contributed by atoms with E-state index in [-0.39, 0.29) is 0 Å². The van der Waals surface area contributed by atoms with Crippen molar-refractivity contribution in [2.24, 2.45) is 5.92 Å². The van der Waals surface area contributed by atoms with Crippen molar-refractivity contribution in [1.82, 2.24) is 20.2 Å². The summed E-state index contributed by atoms with van der Waals surface area (Å²) in [5, 5.41) is 21.0. The molecule has 0 bridgehead atoms. The molecule has 2 aromatic rings. The van der Waals surface area contributed by atoms with Crippen LogP contribution >= 0.6 is 11.6 Å². The predicted molar refractivity (Wildman–Crippen MR) is 76.2 cm³/mol. The molecule has 0 saturated heterocycles. The quantitative estimate of drug-likeness (QED) is 0.879. The number of hydrogen-bond donors (Lipinski definition) is 1. The zero-order valence-corrected chi connectivity index (χ0v) is 12.4. The minimum Gasteiger partial charge on any atom is -0.496 e. The van der Waals surface area contributed by atoms with Crippen LogP contribution in [0.15, 0.2) is 18.2 Å². The van der Waals surface area contributed by atoms with Gasteiger partial charge < -0.3 is 9.84 Å². The maximum atomic E-state index is 10.9. The molecule has 21 heavy (non-hydrogen) atoms. The first-order valence-electron chi connectivity index (χ1n) is 6.35. The van der Waals surface area contributed by atoms with Gasteiger partial charge in [0.1, 0.15) is 5.75 Å². The smallest absolute Gasteiger partial charge is 0.306 e. The summed E-state index contributed by atoms with van der Waals surface area (Å²) < 4.78 is 6.83. The molecule has 112 valence electrons. The van der Waals surface area contributed by atoms with Gasteiger partial charge in [0.2, 0.25) is 0 Å². The van der Waals surface area contributed by atoms with Crippen molar-refractivity contribution >= 4 is 17.6 Å². The third kappa shape index (κ3) is 3.49. The minimum absolute atomic E-state index is 0.394. The Morgan fingerprint density at radius 2 is 2.29 bits per heavy atom. The van der Waals surface area contributed by atoms with E-state index >= 15 is 0 Å². The predicted octanol–water partition coefficient (Wildman–Crippen LogP) is 2.11. The van der Waals surface area contributed by atoms with Crippen LogP contribution in [-0.2, 0) is 11.3 Å². The van der Waals surface area contributed by atoms with Crippen LogP contribution in [0.2, 0.25) is 5.02 Å². The van der Waals surface area contributed by atoms with Gasteiger partial charge in [-0.15, -0.1) is 5.10 Å². The van der Waals surface area contributed by atoms with E-state index in [1.54, 1.807) is 36.9 Å². The van der Waals surface area contributed by atoms with Gasteiger partial charge in [-0.25, -0.2) is 4.68 Å². The molecule has 0 saturated carbocycles. The van der Waals surface area contributed by atoms with Crippen LogP contribution in [0.1, 0.15) is 13.3 Å². The number of carbonyl (C=O) groups is 1. The normalized spacial score (nSPS) is 12.1. The van der Waals surface area contributed by atoms with Gasteiger partial charge in [0.25, 0.3) is 0 Å². The number of aromatic nitrogens is 4. The zero-order chi connectivity index (χ0) is 15.4. The molecule has 8 heteroatoms. The SMILES string of the molecule is COc1ccc(Cl)cc1-c1nnnn1CCC(C)C(=O)O. The molecule has 0 amide bonds. The maximum Gasteiger partial charge on any atom is 0.306 e. The van der Waals surface area contributed by atoms with Crippen molar-refractivity contribution in [3.05, 3.63) is 23.2 Å². The van der Waals surface area contributed by atoms with E-state index in [4.69, 9.17) is 21.4 Å². The second kappa shape index (κ2) is 6.53. The Labute approximate surface area is 126 Å². The third-order valence-corrected chi connectivity index (χ3v) is 3.36. The van der Waals surface area contributed by atoms with Gasteiger partial charge in [0.05, 0.1) is 18.6 Å². The lowest BCUT2D eigenvalue weighted by Crippen LogP contribution is -2.14. The van der Waals surface area contributed by atoms with Gasteiger partial charge in [0, 0.05) is 11.6 Å². The van der Waals surface area contributed by atoms with E-state index in [1.165, 1.54) is 0 Å².